The predicted octanol–water partition coefficient (Wildman–Crippen LogP) is 2.17. The van der Waals surface area contributed by atoms with Crippen LogP contribution >= 0.6 is 0 Å². The highest BCUT2D eigenvalue weighted by Gasteiger charge is 2.09. The first-order chi connectivity index (χ1) is 10.3. The summed E-state index contributed by atoms with van der Waals surface area (Å²) in [6.45, 7) is 1.91. The maximum atomic E-state index is 9.73. The third-order valence-corrected chi connectivity index (χ3v) is 3.18. The highest BCUT2D eigenvalue weighted by atomic mass is 16.3. The normalized spacial score (nSPS) is 12.3. The van der Waals surface area contributed by atoms with Gasteiger partial charge in [-0.15, -0.1) is 15.0 Å². The minimum Gasteiger partial charge on any atom is -0.387 e. The summed E-state index contributed by atoms with van der Waals surface area (Å²) >= 11 is 0. The molecule has 0 aliphatic rings. The molecule has 6 heteroatoms. The Kier molecular flexibility index (Phi) is 3.70. The molecule has 6 nitrogen and oxygen atoms in total. The number of hydrogen-bond donors (Lipinski definition) is 1. The first kappa shape index (κ1) is 13.4. The van der Waals surface area contributed by atoms with E-state index >= 15 is 0 Å². The molecule has 21 heavy (non-hydrogen) atoms. The predicted molar refractivity (Wildman–Crippen MR) is 77.6 cm³/mol. The molecule has 0 aliphatic heterocycles. The molecular formula is C15H15N5O. The van der Waals surface area contributed by atoms with E-state index in [0.29, 0.717) is 23.6 Å². The molecule has 0 radical (unpaired) electrons. The van der Waals surface area contributed by atoms with Crippen LogP contribution in [0, 0.1) is 0 Å². The summed E-state index contributed by atoms with van der Waals surface area (Å²) in [5.74, 6) is 0.563. The van der Waals surface area contributed by atoms with E-state index in [0.717, 1.165) is 5.56 Å². The number of aliphatic hydroxyl groups excluding tert-OH is 1. The lowest BCUT2D eigenvalue weighted by atomic mass is 10.2. The summed E-state index contributed by atoms with van der Waals surface area (Å²) in [7, 11) is 0. The second kappa shape index (κ2) is 5.80. The summed E-state index contributed by atoms with van der Waals surface area (Å²) in [5.41, 5.74) is 2.26. The van der Waals surface area contributed by atoms with Gasteiger partial charge >= 0.3 is 0 Å². The van der Waals surface area contributed by atoms with Gasteiger partial charge in [-0.05, 0) is 23.8 Å². The monoisotopic (exact) mass is 281 g/mol. The summed E-state index contributed by atoms with van der Waals surface area (Å²) < 4.78 is 0. The lowest BCUT2D eigenvalue weighted by Gasteiger charge is -2.06. The molecule has 0 spiro atoms. The van der Waals surface area contributed by atoms with E-state index in [4.69, 9.17) is 0 Å². The fourth-order valence-electron chi connectivity index (χ4n) is 1.95. The molecule has 0 fully saturated rings. The quantitative estimate of drug-likeness (QED) is 0.793. The number of aliphatic hydroxyl groups is 1. The summed E-state index contributed by atoms with van der Waals surface area (Å²) in [5, 5.41) is 22.1. The topological polar surface area (TPSA) is 76.7 Å². The van der Waals surface area contributed by atoms with Crippen molar-refractivity contribution >= 4 is 0 Å². The van der Waals surface area contributed by atoms with Crippen LogP contribution in [0.25, 0.3) is 17.1 Å². The highest BCUT2D eigenvalue weighted by molar-refractivity contribution is 5.53. The lowest BCUT2D eigenvalue weighted by molar-refractivity contribution is 0.169. The standard InChI is InChI=1S/C15H15N5O/c1-2-14(21)13-9-8-12(10-16-13)20-18-15(17-19-20)11-6-4-3-5-7-11/h3-10,14,21H,2H2,1H3/t14-/m1/s1. The maximum absolute atomic E-state index is 9.73. The molecule has 0 amide bonds. The first-order valence-electron chi connectivity index (χ1n) is 6.77. The molecule has 0 unspecified atom stereocenters. The second-order valence-corrected chi connectivity index (χ2v) is 4.63. The van der Waals surface area contributed by atoms with Crippen LogP contribution in [-0.2, 0) is 0 Å². The van der Waals surface area contributed by atoms with Gasteiger partial charge in [-0.2, -0.15) is 0 Å². The molecule has 0 saturated heterocycles. The van der Waals surface area contributed by atoms with E-state index < -0.39 is 6.10 Å². The van der Waals surface area contributed by atoms with Crippen LogP contribution in [0.4, 0.5) is 0 Å². The van der Waals surface area contributed by atoms with Gasteiger partial charge in [-0.1, -0.05) is 37.3 Å². The van der Waals surface area contributed by atoms with Crippen molar-refractivity contribution in [1.29, 1.82) is 0 Å². The Hall–Kier alpha value is -2.60. The molecule has 1 N–H and O–H groups in total. The van der Waals surface area contributed by atoms with Crippen molar-refractivity contribution < 1.29 is 5.11 Å². The van der Waals surface area contributed by atoms with Gasteiger partial charge in [-0.3, -0.25) is 4.98 Å². The summed E-state index contributed by atoms with van der Waals surface area (Å²) in [6, 6.07) is 13.2. The lowest BCUT2D eigenvalue weighted by Crippen LogP contribution is -2.03. The SMILES string of the molecule is CC[C@@H](O)c1ccc(-n2nnc(-c3ccccc3)n2)cn1. The molecule has 1 aromatic carbocycles. The summed E-state index contributed by atoms with van der Waals surface area (Å²) in [4.78, 5) is 5.66. The Morgan fingerprint density at radius 2 is 1.95 bits per heavy atom. The molecule has 0 bridgehead atoms. The molecule has 106 valence electrons. The van der Waals surface area contributed by atoms with Gasteiger partial charge in [0.1, 0.15) is 5.69 Å². The van der Waals surface area contributed by atoms with E-state index in [-0.39, 0.29) is 0 Å². The minimum atomic E-state index is -0.539. The van der Waals surface area contributed by atoms with Gasteiger partial charge in [0, 0.05) is 5.56 Å². The van der Waals surface area contributed by atoms with Gasteiger partial charge in [-0.25, -0.2) is 0 Å². The van der Waals surface area contributed by atoms with Crippen LogP contribution in [0.15, 0.2) is 48.7 Å². The van der Waals surface area contributed by atoms with Crippen LogP contribution in [0.3, 0.4) is 0 Å². The zero-order valence-electron chi connectivity index (χ0n) is 11.6. The maximum Gasteiger partial charge on any atom is 0.205 e. The zero-order valence-corrected chi connectivity index (χ0v) is 11.6. The van der Waals surface area contributed by atoms with Crippen molar-refractivity contribution in [3.05, 3.63) is 54.4 Å². The highest BCUT2D eigenvalue weighted by Crippen LogP contribution is 2.16. The van der Waals surface area contributed by atoms with Gasteiger partial charge < -0.3 is 5.11 Å². The van der Waals surface area contributed by atoms with Gasteiger partial charge in [0.2, 0.25) is 5.82 Å². The molecule has 2 aromatic heterocycles. The largest absolute Gasteiger partial charge is 0.387 e. The van der Waals surface area contributed by atoms with E-state index in [9.17, 15) is 5.11 Å². The van der Waals surface area contributed by atoms with E-state index in [1.807, 2.05) is 43.3 Å². The number of hydrogen-bond acceptors (Lipinski definition) is 5. The van der Waals surface area contributed by atoms with Crippen molar-refractivity contribution in [2.24, 2.45) is 0 Å². The van der Waals surface area contributed by atoms with Gasteiger partial charge in [0.15, 0.2) is 0 Å². The molecule has 2 heterocycles. The summed E-state index contributed by atoms with van der Waals surface area (Å²) in [6.07, 6.45) is 1.72. The van der Waals surface area contributed by atoms with Crippen LogP contribution in [0.1, 0.15) is 25.1 Å². The smallest absolute Gasteiger partial charge is 0.205 e. The van der Waals surface area contributed by atoms with Crippen molar-refractivity contribution in [3.8, 4) is 17.1 Å². The van der Waals surface area contributed by atoms with E-state index in [1.165, 1.54) is 4.80 Å². The van der Waals surface area contributed by atoms with E-state index in [1.54, 1.807) is 12.3 Å². The minimum absolute atomic E-state index is 0.539. The van der Waals surface area contributed by atoms with Crippen molar-refractivity contribution in [1.82, 2.24) is 25.2 Å². The Morgan fingerprint density at radius 3 is 2.62 bits per heavy atom. The Bertz CT molecular complexity index is 708. The van der Waals surface area contributed by atoms with E-state index in [2.05, 4.69) is 20.4 Å². The fourth-order valence-corrected chi connectivity index (χ4v) is 1.95. The van der Waals surface area contributed by atoms with Crippen molar-refractivity contribution in [3.63, 3.8) is 0 Å². The van der Waals surface area contributed by atoms with Crippen LogP contribution in [-0.4, -0.2) is 30.3 Å². The molecule has 1 atom stereocenters. The van der Waals surface area contributed by atoms with Crippen molar-refractivity contribution in [2.45, 2.75) is 19.4 Å². The van der Waals surface area contributed by atoms with Crippen LogP contribution in [0.2, 0.25) is 0 Å². The zero-order chi connectivity index (χ0) is 14.7. The van der Waals surface area contributed by atoms with Crippen molar-refractivity contribution in [2.75, 3.05) is 0 Å². The molecular weight excluding hydrogens is 266 g/mol. The third kappa shape index (κ3) is 2.80. The average molecular weight is 281 g/mol. The average Bonchev–Trinajstić information content (AvgIpc) is 3.05. The number of rotatable bonds is 4. The van der Waals surface area contributed by atoms with Crippen LogP contribution in [0.5, 0.6) is 0 Å². The number of benzene rings is 1. The van der Waals surface area contributed by atoms with Gasteiger partial charge in [0.05, 0.1) is 18.0 Å². The Labute approximate surface area is 122 Å². The Morgan fingerprint density at radius 1 is 1.14 bits per heavy atom. The number of nitrogens with zero attached hydrogens (tertiary/aromatic N) is 5. The van der Waals surface area contributed by atoms with Crippen LogP contribution < -0.4 is 0 Å². The van der Waals surface area contributed by atoms with Gasteiger partial charge in [0.25, 0.3) is 0 Å². The number of pyridine rings is 1. The fraction of sp³-hybridized carbons (Fsp3) is 0.200. The number of aromatic nitrogens is 5. The first-order valence-corrected chi connectivity index (χ1v) is 6.77. The third-order valence-electron chi connectivity index (χ3n) is 3.18. The number of tetrazole rings is 1. The molecule has 3 aromatic rings. The Balaban J connectivity index is 1.86. The second-order valence-electron chi connectivity index (χ2n) is 4.63. The molecule has 0 aliphatic carbocycles. The molecule has 3 rings (SSSR count). The molecule has 0 saturated carbocycles.